The Morgan fingerprint density at radius 3 is 2.68 bits per heavy atom. The summed E-state index contributed by atoms with van der Waals surface area (Å²) in [6.07, 6.45) is 9.21. The molecule has 1 aromatic rings. The van der Waals surface area contributed by atoms with Crippen LogP contribution in [0.2, 0.25) is 0 Å². The van der Waals surface area contributed by atoms with E-state index in [4.69, 9.17) is 0 Å². The van der Waals surface area contributed by atoms with E-state index in [-0.39, 0.29) is 11.9 Å². The first-order chi connectivity index (χ1) is 11.9. The molecule has 1 heterocycles. The minimum Gasteiger partial charge on any atom is -0.338 e. The van der Waals surface area contributed by atoms with E-state index in [9.17, 15) is 13.2 Å². The number of hydrogen-bond donors (Lipinski definition) is 1. The van der Waals surface area contributed by atoms with Crippen LogP contribution >= 0.6 is 0 Å². The summed E-state index contributed by atoms with van der Waals surface area (Å²) in [4.78, 5) is 14.7. The highest BCUT2D eigenvalue weighted by molar-refractivity contribution is 7.88. The summed E-state index contributed by atoms with van der Waals surface area (Å²) in [6, 6.07) is 6.42. The van der Waals surface area contributed by atoms with Crippen molar-refractivity contribution >= 4 is 15.9 Å². The standard InChI is InChI=1S/C19H28N2O3S/c1-25(23,24)20-14-18-8-4-5-11-21(18)19(22)13-15-9-10-16-6-2-3-7-17(16)12-15/h9-10,12,18,20H,2-8,11,13-14H2,1H3. The number of carbonyl (C=O) groups excluding carboxylic acids is 1. The first-order valence-electron chi connectivity index (χ1n) is 9.27. The number of sulfonamides is 1. The molecule has 3 rings (SSSR count). The number of rotatable bonds is 5. The fraction of sp³-hybridized carbons (Fsp3) is 0.632. The first-order valence-corrected chi connectivity index (χ1v) is 11.2. The lowest BCUT2D eigenvalue weighted by atomic mass is 9.90. The van der Waals surface area contributed by atoms with Crippen LogP contribution in [0, 0.1) is 0 Å². The maximum atomic E-state index is 12.8. The Morgan fingerprint density at radius 2 is 1.92 bits per heavy atom. The van der Waals surface area contributed by atoms with Crippen molar-refractivity contribution in [1.82, 2.24) is 9.62 Å². The molecule has 1 aromatic carbocycles. The second-order valence-corrected chi connectivity index (χ2v) is 9.18. The topological polar surface area (TPSA) is 66.5 Å². The van der Waals surface area contributed by atoms with Crippen LogP contribution in [-0.4, -0.2) is 44.6 Å². The first kappa shape index (κ1) is 18.4. The Morgan fingerprint density at radius 1 is 1.16 bits per heavy atom. The number of carbonyl (C=O) groups is 1. The number of amides is 1. The van der Waals surface area contributed by atoms with Crippen LogP contribution in [0.5, 0.6) is 0 Å². The predicted octanol–water partition coefficient (Wildman–Crippen LogP) is 2.04. The van der Waals surface area contributed by atoms with Crippen LogP contribution in [0.4, 0.5) is 0 Å². The quantitative estimate of drug-likeness (QED) is 0.869. The second-order valence-electron chi connectivity index (χ2n) is 7.34. The van der Waals surface area contributed by atoms with Crippen molar-refractivity contribution in [1.29, 1.82) is 0 Å². The van der Waals surface area contributed by atoms with E-state index in [2.05, 4.69) is 22.9 Å². The summed E-state index contributed by atoms with van der Waals surface area (Å²) in [5.74, 6) is 0.107. The van der Waals surface area contributed by atoms with Crippen LogP contribution in [0.25, 0.3) is 0 Å². The molecule has 1 fully saturated rings. The van der Waals surface area contributed by atoms with Crippen molar-refractivity contribution < 1.29 is 13.2 Å². The number of benzene rings is 1. The molecule has 138 valence electrons. The van der Waals surface area contributed by atoms with Gasteiger partial charge in [0.15, 0.2) is 0 Å². The number of nitrogens with zero attached hydrogens (tertiary/aromatic N) is 1. The molecule has 25 heavy (non-hydrogen) atoms. The second kappa shape index (κ2) is 7.87. The largest absolute Gasteiger partial charge is 0.338 e. The van der Waals surface area contributed by atoms with Gasteiger partial charge in [0.2, 0.25) is 15.9 Å². The smallest absolute Gasteiger partial charge is 0.227 e. The van der Waals surface area contributed by atoms with Gasteiger partial charge in [-0.1, -0.05) is 18.2 Å². The summed E-state index contributed by atoms with van der Waals surface area (Å²) in [7, 11) is -3.23. The van der Waals surface area contributed by atoms with Gasteiger partial charge in [-0.25, -0.2) is 13.1 Å². The minimum atomic E-state index is -3.23. The highest BCUT2D eigenvalue weighted by Gasteiger charge is 2.27. The lowest BCUT2D eigenvalue weighted by Crippen LogP contribution is -2.49. The highest BCUT2D eigenvalue weighted by Crippen LogP contribution is 2.23. The van der Waals surface area contributed by atoms with Crippen molar-refractivity contribution in [2.45, 2.75) is 57.4 Å². The van der Waals surface area contributed by atoms with E-state index in [0.29, 0.717) is 13.0 Å². The van der Waals surface area contributed by atoms with Crippen LogP contribution in [-0.2, 0) is 34.1 Å². The molecular weight excluding hydrogens is 336 g/mol. The number of likely N-dealkylation sites (tertiary alicyclic amines) is 1. The van der Waals surface area contributed by atoms with Gasteiger partial charge in [0.25, 0.3) is 0 Å². The Balaban J connectivity index is 1.66. The van der Waals surface area contributed by atoms with E-state index in [1.165, 1.54) is 24.0 Å². The van der Waals surface area contributed by atoms with Crippen LogP contribution in [0.3, 0.4) is 0 Å². The summed E-state index contributed by atoms with van der Waals surface area (Å²) < 4.78 is 25.3. The molecule has 1 N–H and O–H groups in total. The third kappa shape index (κ3) is 5.05. The molecule has 0 bridgehead atoms. The zero-order valence-corrected chi connectivity index (χ0v) is 15.8. The molecule has 1 atom stereocenters. The van der Waals surface area contributed by atoms with Crippen LogP contribution in [0.15, 0.2) is 18.2 Å². The number of piperidine rings is 1. The van der Waals surface area contributed by atoms with Gasteiger partial charge in [-0.15, -0.1) is 0 Å². The number of aryl methyl sites for hydroxylation is 2. The van der Waals surface area contributed by atoms with Gasteiger partial charge < -0.3 is 4.90 Å². The Kier molecular flexibility index (Phi) is 5.79. The normalized spacial score (nSPS) is 21.0. The average molecular weight is 365 g/mol. The van der Waals surface area contributed by atoms with Crippen molar-refractivity contribution in [3.63, 3.8) is 0 Å². The maximum absolute atomic E-state index is 12.8. The summed E-state index contributed by atoms with van der Waals surface area (Å²) >= 11 is 0. The fourth-order valence-electron chi connectivity index (χ4n) is 3.96. The van der Waals surface area contributed by atoms with Gasteiger partial charge in [-0.3, -0.25) is 4.79 Å². The Hall–Kier alpha value is -1.40. The zero-order valence-electron chi connectivity index (χ0n) is 15.0. The predicted molar refractivity (Wildman–Crippen MR) is 99.0 cm³/mol. The molecule has 1 amide bonds. The van der Waals surface area contributed by atoms with Crippen LogP contribution < -0.4 is 4.72 Å². The number of nitrogens with one attached hydrogen (secondary N) is 1. The van der Waals surface area contributed by atoms with Crippen molar-refractivity contribution in [3.8, 4) is 0 Å². The summed E-state index contributed by atoms with van der Waals surface area (Å²) in [5.41, 5.74) is 3.90. The van der Waals surface area contributed by atoms with Gasteiger partial charge in [-0.2, -0.15) is 0 Å². The maximum Gasteiger partial charge on any atom is 0.227 e. The third-order valence-corrected chi connectivity index (χ3v) is 5.99. The molecule has 1 saturated heterocycles. The SMILES string of the molecule is CS(=O)(=O)NCC1CCCCN1C(=O)Cc1ccc2c(c1)CCCC2. The zero-order chi connectivity index (χ0) is 17.9. The molecule has 0 spiro atoms. The van der Waals surface area contributed by atoms with Crippen molar-refractivity contribution in [2.75, 3.05) is 19.3 Å². The van der Waals surface area contributed by atoms with E-state index < -0.39 is 10.0 Å². The lowest BCUT2D eigenvalue weighted by Gasteiger charge is -2.36. The monoisotopic (exact) mass is 364 g/mol. The highest BCUT2D eigenvalue weighted by atomic mass is 32.2. The van der Waals surface area contributed by atoms with Crippen molar-refractivity contribution in [3.05, 3.63) is 34.9 Å². The van der Waals surface area contributed by atoms with Crippen LogP contribution in [0.1, 0.15) is 48.8 Å². The van der Waals surface area contributed by atoms with Gasteiger partial charge in [0, 0.05) is 19.1 Å². The van der Waals surface area contributed by atoms with Gasteiger partial charge in [0.1, 0.15) is 0 Å². The number of hydrogen-bond acceptors (Lipinski definition) is 3. The van der Waals surface area contributed by atoms with E-state index in [1.54, 1.807) is 0 Å². The summed E-state index contributed by atoms with van der Waals surface area (Å²) in [6.45, 7) is 1.04. The van der Waals surface area contributed by atoms with E-state index in [0.717, 1.165) is 50.5 Å². The lowest BCUT2D eigenvalue weighted by molar-refractivity contribution is -0.133. The molecule has 1 unspecified atom stereocenters. The molecule has 1 aliphatic carbocycles. The molecular formula is C19H28N2O3S. The van der Waals surface area contributed by atoms with Gasteiger partial charge >= 0.3 is 0 Å². The van der Waals surface area contributed by atoms with Crippen molar-refractivity contribution in [2.24, 2.45) is 0 Å². The molecule has 1 aliphatic heterocycles. The fourth-order valence-corrected chi connectivity index (χ4v) is 4.46. The molecule has 6 heteroatoms. The minimum absolute atomic E-state index is 0.0337. The third-order valence-electron chi connectivity index (χ3n) is 5.30. The molecule has 0 radical (unpaired) electrons. The van der Waals surface area contributed by atoms with Gasteiger partial charge in [-0.05, 0) is 61.6 Å². The summed E-state index contributed by atoms with van der Waals surface area (Å²) in [5, 5.41) is 0. The average Bonchev–Trinajstić information content (AvgIpc) is 2.59. The number of fused-ring (bicyclic) bond motifs is 1. The van der Waals surface area contributed by atoms with Gasteiger partial charge in [0.05, 0.1) is 12.7 Å². The molecule has 0 aromatic heterocycles. The molecule has 5 nitrogen and oxygen atoms in total. The molecule has 2 aliphatic rings. The van der Waals surface area contributed by atoms with E-state index >= 15 is 0 Å². The molecule has 0 saturated carbocycles. The Labute approximate surface area is 150 Å². The Bertz CT molecular complexity index is 730. The van der Waals surface area contributed by atoms with E-state index in [1.807, 2.05) is 4.90 Å².